The molecule has 7 heteroatoms. The fourth-order valence-corrected chi connectivity index (χ4v) is 5.10. The number of hydrogen-bond donors (Lipinski definition) is 0. The Morgan fingerprint density at radius 2 is 2.29 bits per heavy atom. The minimum absolute atomic E-state index is 0.00947. The average molecular weight is 381 g/mol. The fraction of sp³-hybridized carbons (Fsp3) is 0.471. The first-order valence-corrected chi connectivity index (χ1v) is 10.3. The number of carbonyl (C=O) groups is 2. The van der Waals surface area contributed by atoms with Crippen molar-refractivity contribution in [3.8, 4) is 0 Å². The molecular formula is C17H20N2O2S3. The van der Waals surface area contributed by atoms with Crippen LogP contribution in [0, 0.1) is 0 Å². The number of hydrogen-bond acceptors (Lipinski definition) is 5. The summed E-state index contributed by atoms with van der Waals surface area (Å²) in [5, 5.41) is 1.97. The third-order valence-corrected chi connectivity index (χ3v) is 6.60. The van der Waals surface area contributed by atoms with Crippen LogP contribution in [0.3, 0.4) is 0 Å². The summed E-state index contributed by atoms with van der Waals surface area (Å²) in [6.45, 7) is 2.96. The molecule has 2 saturated heterocycles. The van der Waals surface area contributed by atoms with Gasteiger partial charge in [0.15, 0.2) is 0 Å². The molecule has 4 nitrogen and oxygen atoms in total. The molecule has 0 saturated carbocycles. The van der Waals surface area contributed by atoms with E-state index >= 15 is 0 Å². The number of piperidine rings is 1. The van der Waals surface area contributed by atoms with Gasteiger partial charge in [-0.2, -0.15) is 0 Å². The molecule has 2 amide bonds. The molecule has 128 valence electrons. The van der Waals surface area contributed by atoms with Crippen LogP contribution in [0.5, 0.6) is 0 Å². The third kappa shape index (κ3) is 3.73. The first-order valence-electron chi connectivity index (χ1n) is 8.18. The highest BCUT2D eigenvalue weighted by atomic mass is 32.2. The molecule has 3 heterocycles. The molecule has 0 bridgehead atoms. The first-order chi connectivity index (χ1) is 11.6. The molecule has 0 aliphatic carbocycles. The summed E-state index contributed by atoms with van der Waals surface area (Å²) < 4.78 is 0.473. The van der Waals surface area contributed by atoms with E-state index in [9.17, 15) is 9.59 Å². The Morgan fingerprint density at radius 1 is 1.46 bits per heavy atom. The van der Waals surface area contributed by atoms with Crippen LogP contribution in [0.2, 0.25) is 0 Å². The highest BCUT2D eigenvalue weighted by molar-refractivity contribution is 8.26. The number of thiophene rings is 1. The summed E-state index contributed by atoms with van der Waals surface area (Å²) in [7, 11) is 0. The van der Waals surface area contributed by atoms with E-state index in [-0.39, 0.29) is 18.4 Å². The Balaban J connectivity index is 1.69. The van der Waals surface area contributed by atoms with Gasteiger partial charge >= 0.3 is 0 Å². The zero-order chi connectivity index (χ0) is 17.1. The van der Waals surface area contributed by atoms with Crippen LogP contribution < -0.4 is 0 Å². The standard InChI is InChI=1S/C17H20N2O2S3/c1-2-12-6-3-4-8-18(12)15(20)11-19-16(21)14(24-17(19)22)10-13-7-5-9-23-13/h5,7,9-10,12H,2-4,6,8,11H2,1H3. The monoisotopic (exact) mass is 380 g/mol. The van der Waals surface area contributed by atoms with Crippen LogP contribution in [0.4, 0.5) is 0 Å². The van der Waals surface area contributed by atoms with Gasteiger partial charge in [-0.3, -0.25) is 14.5 Å². The molecule has 1 atom stereocenters. The average Bonchev–Trinajstić information content (AvgIpc) is 3.19. The number of carbonyl (C=O) groups excluding carboxylic acids is 2. The summed E-state index contributed by atoms with van der Waals surface area (Å²) in [5.74, 6) is -0.146. The van der Waals surface area contributed by atoms with Gasteiger partial charge < -0.3 is 4.90 Å². The van der Waals surface area contributed by atoms with Crippen molar-refractivity contribution < 1.29 is 9.59 Å². The number of nitrogens with zero attached hydrogens (tertiary/aromatic N) is 2. The van der Waals surface area contributed by atoms with Gasteiger partial charge in [0.1, 0.15) is 10.9 Å². The first kappa shape index (κ1) is 17.6. The maximum Gasteiger partial charge on any atom is 0.266 e. The molecule has 2 aliphatic heterocycles. The van der Waals surface area contributed by atoms with E-state index in [4.69, 9.17) is 12.2 Å². The second-order valence-electron chi connectivity index (χ2n) is 5.93. The van der Waals surface area contributed by atoms with E-state index in [0.717, 1.165) is 30.7 Å². The SMILES string of the molecule is CCC1CCCCN1C(=O)CN1C(=O)C(=Cc2cccs2)SC1=S. The second-order valence-corrected chi connectivity index (χ2v) is 8.58. The maximum absolute atomic E-state index is 12.7. The summed E-state index contributed by atoms with van der Waals surface area (Å²) in [6.07, 6.45) is 6.08. The zero-order valence-corrected chi connectivity index (χ0v) is 16.0. The van der Waals surface area contributed by atoms with Gasteiger partial charge in [0, 0.05) is 17.5 Å². The van der Waals surface area contributed by atoms with E-state index in [1.165, 1.54) is 23.1 Å². The van der Waals surface area contributed by atoms with E-state index in [2.05, 4.69) is 6.92 Å². The topological polar surface area (TPSA) is 40.6 Å². The summed E-state index contributed by atoms with van der Waals surface area (Å²) in [5.41, 5.74) is 0. The van der Waals surface area contributed by atoms with Gasteiger partial charge in [0.05, 0.1) is 4.91 Å². The minimum Gasteiger partial charge on any atom is -0.338 e. The predicted octanol–water partition coefficient (Wildman–Crippen LogP) is 3.74. The Bertz CT molecular complexity index is 669. The van der Waals surface area contributed by atoms with Crippen LogP contribution >= 0.6 is 35.3 Å². The van der Waals surface area contributed by atoms with Gasteiger partial charge in [-0.05, 0) is 43.2 Å². The second kappa shape index (κ2) is 7.80. The molecule has 1 aromatic heterocycles. The van der Waals surface area contributed by atoms with Crippen molar-refractivity contribution in [2.24, 2.45) is 0 Å². The van der Waals surface area contributed by atoms with Gasteiger partial charge in [0.25, 0.3) is 5.91 Å². The van der Waals surface area contributed by atoms with E-state index in [1.54, 1.807) is 11.3 Å². The molecule has 1 aromatic rings. The van der Waals surface area contributed by atoms with Gasteiger partial charge in [0.2, 0.25) is 5.91 Å². The van der Waals surface area contributed by atoms with Crippen LogP contribution in [-0.4, -0.2) is 45.1 Å². The van der Waals surface area contributed by atoms with Crippen molar-refractivity contribution >= 4 is 57.5 Å². The molecule has 1 unspecified atom stereocenters. The quantitative estimate of drug-likeness (QED) is 0.589. The van der Waals surface area contributed by atoms with Crippen LogP contribution in [0.25, 0.3) is 6.08 Å². The zero-order valence-electron chi connectivity index (χ0n) is 13.6. The smallest absolute Gasteiger partial charge is 0.266 e. The minimum atomic E-state index is -0.156. The molecule has 0 radical (unpaired) electrons. The number of amides is 2. The largest absolute Gasteiger partial charge is 0.338 e. The van der Waals surface area contributed by atoms with Crippen molar-refractivity contribution in [2.75, 3.05) is 13.1 Å². The lowest BCUT2D eigenvalue weighted by atomic mass is 10.00. The predicted molar refractivity (Wildman–Crippen MR) is 104 cm³/mol. The number of thiocarbonyl (C=S) groups is 1. The van der Waals surface area contributed by atoms with Crippen molar-refractivity contribution in [2.45, 2.75) is 38.6 Å². The van der Waals surface area contributed by atoms with E-state index < -0.39 is 0 Å². The molecule has 2 aliphatic rings. The normalized spacial score (nSPS) is 23.4. The van der Waals surface area contributed by atoms with Crippen LogP contribution in [0.15, 0.2) is 22.4 Å². The lowest BCUT2D eigenvalue weighted by molar-refractivity contribution is -0.138. The maximum atomic E-state index is 12.7. The number of likely N-dealkylation sites (tertiary alicyclic amines) is 1. The third-order valence-electron chi connectivity index (χ3n) is 4.40. The molecule has 2 fully saturated rings. The van der Waals surface area contributed by atoms with Crippen LogP contribution in [-0.2, 0) is 9.59 Å². The van der Waals surface area contributed by atoms with Crippen LogP contribution in [0.1, 0.15) is 37.5 Å². The summed E-state index contributed by atoms with van der Waals surface area (Å²) >= 11 is 8.18. The molecule has 0 N–H and O–H groups in total. The highest BCUT2D eigenvalue weighted by Gasteiger charge is 2.35. The van der Waals surface area contributed by atoms with Crippen molar-refractivity contribution in [3.63, 3.8) is 0 Å². The Hall–Kier alpha value is -1.18. The van der Waals surface area contributed by atoms with E-state index in [1.807, 2.05) is 28.5 Å². The molecule has 24 heavy (non-hydrogen) atoms. The highest BCUT2D eigenvalue weighted by Crippen LogP contribution is 2.33. The van der Waals surface area contributed by atoms with Crippen molar-refractivity contribution in [1.29, 1.82) is 0 Å². The Kier molecular flexibility index (Phi) is 5.73. The molecule has 0 aromatic carbocycles. The van der Waals surface area contributed by atoms with E-state index in [0.29, 0.717) is 15.3 Å². The summed E-state index contributed by atoms with van der Waals surface area (Å²) in [4.78, 5) is 30.3. The van der Waals surface area contributed by atoms with Gasteiger partial charge in [-0.15, -0.1) is 11.3 Å². The molecule has 0 spiro atoms. The van der Waals surface area contributed by atoms with Crippen molar-refractivity contribution in [1.82, 2.24) is 9.80 Å². The lowest BCUT2D eigenvalue weighted by Crippen LogP contribution is -2.48. The Morgan fingerprint density at radius 3 is 3.00 bits per heavy atom. The fourth-order valence-electron chi connectivity index (χ4n) is 3.12. The lowest BCUT2D eigenvalue weighted by Gasteiger charge is -2.36. The van der Waals surface area contributed by atoms with Gasteiger partial charge in [-0.1, -0.05) is 37.0 Å². The Labute approximate surface area is 155 Å². The number of thioether (sulfide) groups is 1. The van der Waals surface area contributed by atoms with Crippen molar-refractivity contribution in [3.05, 3.63) is 27.3 Å². The summed E-state index contributed by atoms with van der Waals surface area (Å²) in [6, 6.07) is 4.20. The number of rotatable bonds is 4. The molecular weight excluding hydrogens is 360 g/mol. The van der Waals surface area contributed by atoms with Gasteiger partial charge in [-0.25, -0.2) is 0 Å². The molecule has 3 rings (SSSR count).